The number of fused-ring (bicyclic) bond motifs is 1. The summed E-state index contributed by atoms with van der Waals surface area (Å²) in [6.07, 6.45) is 3.52. The van der Waals surface area contributed by atoms with E-state index in [9.17, 15) is 4.79 Å². The Kier molecular flexibility index (Phi) is 2.37. The number of nitrogens with one attached hydrogen (secondary N) is 3. The average molecular weight is 240 g/mol. The van der Waals surface area contributed by atoms with Gasteiger partial charge in [0.25, 0.3) is 5.91 Å². The molecule has 2 heterocycles. The molecule has 0 atom stereocenters. The number of hydrogen-bond acceptors (Lipinski definition) is 2. The van der Waals surface area contributed by atoms with Crippen molar-refractivity contribution in [3.05, 3.63) is 47.8 Å². The van der Waals surface area contributed by atoms with Crippen LogP contribution in [0.3, 0.4) is 0 Å². The molecule has 0 aliphatic carbocycles. The Balaban J connectivity index is 1.89. The van der Waals surface area contributed by atoms with Gasteiger partial charge in [-0.05, 0) is 31.2 Å². The average Bonchev–Trinajstić information content (AvgIpc) is 2.98. The van der Waals surface area contributed by atoms with Crippen molar-refractivity contribution in [1.29, 1.82) is 0 Å². The Labute approximate surface area is 103 Å². The monoisotopic (exact) mass is 240 g/mol. The van der Waals surface area contributed by atoms with Gasteiger partial charge >= 0.3 is 0 Å². The van der Waals surface area contributed by atoms with E-state index in [4.69, 9.17) is 0 Å². The van der Waals surface area contributed by atoms with Crippen LogP contribution in [0.4, 0.5) is 5.82 Å². The molecule has 0 bridgehead atoms. The first kappa shape index (κ1) is 10.6. The van der Waals surface area contributed by atoms with Crippen molar-refractivity contribution in [1.82, 2.24) is 15.2 Å². The number of carbonyl (C=O) groups is 1. The quantitative estimate of drug-likeness (QED) is 0.643. The van der Waals surface area contributed by atoms with E-state index >= 15 is 0 Å². The molecule has 0 saturated heterocycles. The molecule has 0 radical (unpaired) electrons. The number of carbonyl (C=O) groups excluding carboxylic acids is 1. The smallest absolute Gasteiger partial charge is 0.256 e. The first-order chi connectivity index (χ1) is 8.74. The second kappa shape index (κ2) is 4.03. The Hall–Kier alpha value is -2.56. The van der Waals surface area contributed by atoms with Crippen LogP contribution in [0, 0.1) is 6.92 Å². The van der Waals surface area contributed by atoms with Crippen LogP contribution in [-0.4, -0.2) is 21.1 Å². The number of anilines is 1. The lowest BCUT2D eigenvalue weighted by Crippen LogP contribution is -2.12. The van der Waals surface area contributed by atoms with Gasteiger partial charge in [-0.3, -0.25) is 9.89 Å². The van der Waals surface area contributed by atoms with E-state index in [1.54, 1.807) is 12.3 Å². The number of amides is 1. The molecule has 0 saturated carbocycles. The largest absolute Gasteiger partial charge is 0.361 e. The summed E-state index contributed by atoms with van der Waals surface area (Å²) < 4.78 is 0. The van der Waals surface area contributed by atoms with E-state index in [0.717, 1.165) is 16.5 Å². The summed E-state index contributed by atoms with van der Waals surface area (Å²) in [4.78, 5) is 15.2. The van der Waals surface area contributed by atoms with E-state index in [1.807, 2.05) is 31.3 Å². The van der Waals surface area contributed by atoms with Crippen LogP contribution in [0.2, 0.25) is 0 Å². The SMILES string of the molecule is Cc1cn[nH]c1NC(=O)c1ccc2[nH]ccc2c1. The standard InChI is InChI=1S/C13H12N4O/c1-8-7-15-17-12(8)16-13(18)10-2-3-11-9(6-10)4-5-14-11/h2-7,14H,1H3,(H2,15,16,17,18). The normalized spacial score (nSPS) is 10.7. The van der Waals surface area contributed by atoms with Crippen LogP contribution >= 0.6 is 0 Å². The van der Waals surface area contributed by atoms with Crippen LogP contribution < -0.4 is 5.32 Å². The lowest BCUT2D eigenvalue weighted by atomic mass is 10.1. The van der Waals surface area contributed by atoms with Crippen molar-refractivity contribution in [2.75, 3.05) is 5.32 Å². The molecule has 0 aliphatic rings. The molecule has 18 heavy (non-hydrogen) atoms. The number of aromatic nitrogens is 3. The lowest BCUT2D eigenvalue weighted by Gasteiger charge is -2.04. The maximum atomic E-state index is 12.1. The molecular formula is C13H12N4O. The van der Waals surface area contributed by atoms with Gasteiger partial charge in [0.15, 0.2) is 0 Å². The van der Waals surface area contributed by atoms with Crippen LogP contribution in [0.1, 0.15) is 15.9 Å². The predicted molar refractivity (Wildman–Crippen MR) is 69.6 cm³/mol. The Morgan fingerprint density at radius 1 is 1.33 bits per heavy atom. The molecule has 0 unspecified atom stereocenters. The Morgan fingerprint density at radius 2 is 2.22 bits per heavy atom. The molecule has 5 heteroatoms. The molecule has 3 rings (SSSR count). The molecule has 5 nitrogen and oxygen atoms in total. The molecule has 1 amide bonds. The molecule has 3 N–H and O–H groups in total. The van der Waals surface area contributed by atoms with Gasteiger partial charge in [0.1, 0.15) is 5.82 Å². The molecule has 2 aromatic heterocycles. The molecule has 0 fully saturated rings. The van der Waals surface area contributed by atoms with Gasteiger partial charge in [0.05, 0.1) is 6.20 Å². The van der Waals surface area contributed by atoms with Crippen molar-refractivity contribution in [2.24, 2.45) is 0 Å². The molecule has 1 aromatic carbocycles. The van der Waals surface area contributed by atoms with Gasteiger partial charge in [-0.15, -0.1) is 0 Å². The fraction of sp³-hybridized carbons (Fsp3) is 0.0769. The summed E-state index contributed by atoms with van der Waals surface area (Å²) in [5.74, 6) is 0.486. The maximum Gasteiger partial charge on any atom is 0.256 e. The number of aryl methyl sites for hydroxylation is 1. The van der Waals surface area contributed by atoms with E-state index in [2.05, 4.69) is 20.5 Å². The highest BCUT2D eigenvalue weighted by Crippen LogP contribution is 2.16. The number of aromatic amines is 2. The van der Waals surface area contributed by atoms with Gasteiger partial charge in [-0.25, -0.2) is 0 Å². The predicted octanol–water partition coefficient (Wildman–Crippen LogP) is 2.45. The maximum absolute atomic E-state index is 12.1. The molecular weight excluding hydrogens is 228 g/mol. The third-order valence-corrected chi connectivity index (χ3v) is 2.88. The summed E-state index contributed by atoms with van der Waals surface area (Å²) in [6.45, 7) is 1.88. The zero-order valence-electron chi connectivity index (χ0n) is 9.82. The summed E-state index contributed by atoms with van der Waals surface area (Å²) in [5, 5.41) is 10.4. The zero-order valence-corrected chi connectivity index (χ0v) is 9.82. The summed E-state index contributed by atoms with van der Waals surface area (Å²) in [7, 11) is 0. The molecule has 0 aliphatic heterocycles. The number of H-pyrrole nitrogens is 2. The van der Waals surface area contributed by atoms with Crippen LogP contribution in [0.25, 0.3) is 10.9 Å². The fourth-order valence-electron chi connectivity index (χ4n) is 1.85. The second-order valence-electron chi connectivity index (χ2n) is 4.16. The van der Waals surface area contributed by atoms with E-state index in [-0.39, 0.29) is 5.91 Å². The number of rotatable bonds is 2. The highest BCUT2D eigenvalue weighted by molar-refractivity contribution is 6.06. The van der Waals surface area contributed by atoms with Gasteiger partial charge in [0, 0.05) is 28.2 Å². The van der Waals surface area contributed by atoms with Gasteiger partial charge in [-0.2, -0.15) is 5.10 Å². The summed E-state index contributed by atoms with van der Waals surface area (Å²) in [6, 6.07) is 7.48. The fourth-order valence-corrected chi connectivity index (χ4v) is 1.85. The number of hydrogen-bond donors (Lipinski definition) is 3. The first-order valence-electron chi connectivity index (χ1n) is 5.62. The van der Waals surface area contributed by atoms with Gasteiger partial charge in [-0.1, -0.05) is 0 Å². The number of benzene rings is 1. The molecule has 90 valence electrons. The van der Waals surface area contributed by atoms with E-state index < -0.39 is 0 Å². The Bertz CT molecular complexity index is 710. The third kappa shape index (κ3) is 1.75. The van der Waals surface area contributed by atoms with E-state index in [1.165, 1.54) is 0 Å². The summed E-state index contributed by atoms with van der Waals surface area (Å²) >= 11 is 0. The summed E-state index contributed by atoms with van der Waals surface area (Å²) in [5.41, 5.74) is 2.55. The van der Waals surface area contributed by atoms with Crippen molar-refractivity contribution in [3.8, 4) is 0 Å². The van der Waals surface area contributed by atoms with E-state index in [0.29, 0.717) is 11.4 Å². The van der Waals surface area contributed by atoms with Crippen LogP contribution in [-0.2, 0) is 0 Å². The van der Waals surface area contributed by atoms with Crippen LogP contribution in [0.5, 0.6) is 0 Å². The first-order valence-corrected chi connectivity index (χ1v) is 5.62. The topological polar surface area (TPSA) is 73.6 Å². The van der Waals surface area contributed by atoms with Crippen LogP contribution in [0.15, 0.2) is 36.7 Å². The highest BCUT2D eigenvalue weighted by Gasteiger charge is 2.09. The molecule has 0 spiro atoms. The van der Waals surface area contributed by atoms with Gasteiger partial charge < -0.3 is 10.3 Å². The highest BCUT2D eigenvalue weighted by atomic mass is 16.1. The van der Waals surface area contributed by atoms with Crippen molar-refractivity contribution in [2.45, 2.75) is 6.92 Å². The minimum absolute atomic E-state index is 0.148. The van der Waals surface area contributed by atoms with Crippen molar-refractivity contribution >= 4 is 22.6 Å². The second-order valence-corrected chi connectivity index (χ2v) is 4.16. The van der Waals surface area contributed by atoms with Gasteiger partial charge in [0.2, 0.25) is 0 Å². The lowest BCUT2D eigenvalue weighted by molar-refractivity contribution is 0.102. The Morgan fingerprint density at radius 3 is 3.00 bits per heavy atom. The van der Waals surface area contributed by atoms with Crippen molar-refractivity contribution in [3.63, 3.8) is 0 Å². The minimum Gasteiger partial charge on any atom is -0.361 e. The number of nitrogens with zero attached hydrogens (tertiary/aromatic N) is 1. The third-order valence-electron chi connectivity index (χ3n) is 2.88. The minimum atomic E-state index is -0.148. The zero-order chi connectivity index (χ0) is 12.5. The van der Waals surface area contributed by atoms with Crippen molar-refractivity contribution < 1.29 is 4.79 Å². The molecule has 3 aromatic rings.